The third kappa shape index (κ3) is 2.72. The lowest BCUT2D eigenvalue weighted by atomic mass is 10.0. The van der Waals surface area contributed by atoms with Gasteiger partial charge in [-0.1, -0.05) is 31.3 Å². The first-order chi connectivity index (χ1) is 11.2. The number of aromatic nitrogens is 3. The van der Waals surface area contributed by atoms with Gasteiger partial charge in [0.1, 0.15) is 10.2 Å². The van der Waals surface area contributed by atoms with E-state index in [4.69, 9.17) is 4.42 Å². The number of hydrogen-bond acceptors (Lipinski definition) is 4. The zero-order chi connectivity index (χ0) is 15.8. The van der Waals surface area contributed by atoms with Gasteiger partial charge in [-0.05, 0) is 23.6 Å². The van der Waals surface area contributed by atoms with Crippen molar-refractivity contribution in [3.05, 3.63) is 53.6 Å². The number of fused-ring (bicyclic) bond motifs is 2. The van der Waals surface area contributed by atoms with Crippen molar-refractivity contribution >= 4 is 32.7 Å². The highest BCUT2D eigenvalue weighted by Crippen LogP contribution is 2.22. The molecule has 0 atom stereocenters. The fraction of sp³-hybridized carbons (Fsp3) is 0.278. The molecule has 0 fully saturated rings. The van der Waals surface area contributed by atoms with Crippen molar-refractivity contribution in [3.63, 3.8) is 0 Å². The standard InChI is InChI=1S/C18H18N3OS/c1-12(2)13-3-4-18-16(7-13)21(11-23-18)6-5-14-8-15-17(9-19-14)22-10-20-15/h3-4,7-12H,5-6H2,1-2H3/q+1. The third-order valence-corrected chi connectivity index (χ3v) is 5.11. The van der Waals surface area contributed by atoms with E-state index in [9.17, 15) is 0 Å². The lowest BCUT2D eigenvalue weighted by Crippen LogP contribution is -2.32. The monoisotopic (exact) mass is 324 g/mol. The Bertz CT molecular complexity index is 971. The zero-order valence-electron chi connectivity index (χ0n) is 13.2. The first-order valence-electron chi connectivity index (χ1n) is 7.79. The summed E-state index contributed by atoms with van der Waals surface area (Å²) >= 11 is 1.79. The molecule has 116 valence electrons. The quantitative estimate of drug-likeness (QED) is 0.531. The van der Waals surface area contributed by atoms with E-state index in [1.54, 1.807) is 17.5 Å². The van der Waals surface area contributed by atoms with Crippen LogP contribution in [0.4, 0.5) is 0 Å². The van der Waals surface area contributed by atoms with Crippen LogP contribution < -0.4 is 4.57 Å². The molecule has 0 saturated heterocycles. The topological polar surface area (TPSA) is 42.8 Å². The summed E-state index contributed by atoms with van der Waals surface area (Å²) in [6.07, 6.45) is 4.10. The summed E-state index contributed by atoms with van der Waals surface area (Å²) in [4.78, 5) is 8.65. The van der Waals surface area contributed by atoms with Crippen LogP contribution >= 0.6 is 11.3 Å². The number of nitrogens with zero attached hydrogens (tertiary/aromatic N) is 3. The minimum Gasteiger partial charge on any atom is -0.442 e. The number of aryl methyl sites for hydroxylation is 2. The van der Waals surface area contributed by atoms with E-state index in [1.807, 2.05) is 6.07 Å². The predicted molar refractivity (Wildman–Crippen MR) is 91.6 cm³/mol. The maximum atomic E-state index is 5.24. The Morgan fingerprint density at radius 3 is 3.00 bits per heavy atom. The van der Waals surface area contributed by atoms with Gasteiger partial charge >= 0.3 is 0 Å². The van der Waals surface area contributed by atoms with Gasteiger partial charge < -0.3 is 4.42 Å². The first-order valence-corrected chi connectivity index (χ1v) is 8.67. The summed E-state index contributed by atoms with van der Waals surface area (Å²) in [6, 6.07) is 8.78. The largest absolute Gasteiger partial charge is 0.442 e. The second kappa shape index (κ2) is 5.74. The highest BCUT2D eigenvalue weighted by atomic mass is 32.1. The molecule has 0 bridgehead atoms. The van der Waals surface area contributed by atoms with Crippen molar-refractivity contribution in [1.82, 2.24) is 9.97 Å². The molecule has 0 aliphatic heterocycles. The molecule has 0 radical (unpaired) electrons. The van der Waals surface area contributed by atoms with Crippen LogP contribution in [-0.4, -0.2) is 9.97 Å². The molecule has 0 spiro atoms. The fourth-order valence-corrected chi connectivity index (χ4v) is 3.65. The van der Waals surface area contributed by atoms with Gasteiger partial charge in [-0.2, -0.15) is 4.57 Å². The fourth-order valence-electron chi connectivity index (χ4n) is 2.75. The molecule has 23 heavy (non-hydrogen) atoms. The Hall–Kier alpha value is -2.27. The van der Waals surface area contributed by atoms with Crippen LogP contribution in [-0.2, 0) is 13.0 Å². The Balaban J connectivity index is 1.60. The van der Waals surface area contributed by atoms with Gasteiger partial charge in [-0.3, -0.25) is 4.98 Å². The van der Waals surface area contributed by atoms with E-state index in [2.05, 4.69) is 52.1 Å². The summed E-state index contributed by atoms with van der Waals surface area (Å²) in [5.74, 6) is 0.545. The van der Waals surface area contributed by atoms with Gasteiger partial charge in [0.15, 0.2) is 18.5 Å². The number of pyridine rings is 1. The normalized spacial score (nSPS) is 11.8. The van der Waals surface area contributed by atoms with E-state index in [0.717, 1.165) is 29.8 Å². The third-order valence-electron chi connectivity index (χ3n) is 4.15. The van der Waals surface area contributed by atoms with Crippen LogP contribution in [0.2, 0.25) is 0 Å². The van der Waals surface area contributed by atoms with E-state index in [1.165, 1.54) is 22.2 Å². The Kier molecular flexibility index (Phi) is 3.58. The van der Waals surface area contributed by atoms with Crippen molar-refractivity contribution in [2.45, 2.75) is 32.7 Å². The molecule has 3 aromatic heterocycles. The molecule has 5 heteroatoms. The lowest BCUT2D eigenvalue weighted by Gasteiger charge is -2.03. The number of benzene rings is 1. The zero-order valence-corrected chi connectivity index (χ0v) is 14.0. The maximum absolute atomic E-state index is 5.24. The van der Waals surface area contributed by atoms with Gasteiger partial charge in [-0.25, -0.2) is 4.98 Å². The number of hydrogen-bond donors (Lipinski definition) is 0. The molecule has 0 N–H and O–H groups in total. The Morgan fingerprint density at radius 1 is 1.22 bits per heavy atom. The molecule has 0 amide bonds. The smallest absolute Gasteiger partial charge is 0.225 e. The average molecular weight is 324 g/mol. The summed E-state index contributed by atoms with van der Waals surface area (Å²) in [6.45, 7) is 5.38. The van der Waals surface area contributed by atoms with Gasteiger partial charge in [0.05, 0.1) is 6.20 Å². The number of thiazole rings is 1. The van der Waals surface area contributed by atoms with Crippen molar-refractivity contribution in [3.8, 4) is 0 Å². The van der Waals surface area contributed by atoms with Crippen LogP contribution in [0.1, 0.15) is 31.0 Å². The minimum atomic E-state index is 0.545. The predicted octanol–water partition coefficient (Wildman–Crippen LogP) is 4.09. The van der Waals surface area contributed by atoms with Gasteiger partial charge in [0.25, 0.3) is 0 Å². The van der Waals surface area contributed by atoms with E-state index >= 15 is 0 Å². The molecule has 3 heterocycles. The van der Waals surface area contributed by atoms with Crippen molar-refractivity contribution in [1.29, 1.82) is 0 Å². The molecule has 0 aliphatic rings. The highest BCUT2D eigenvalue weighted by molar-refractivity contribution is 7.16. The minimum absolute atomic E-state index is 0.545. The molecule has 4 aromatic rings. The van der Waals surface area contributed by atoms with E-state index < -0.39 is 0 Å². The van der Waals surface area contributed by atoms with E-state index in [-0.39, 0.29) is 0 Å². The summed E-state index contributed by atoms with van der Waals surface area (Å²) in [5.41, 5.74) is 7.54. The van der Waals surface area contributed by atoms with Crippen LogP contribution in [0.15, 0.2) is 46.8 Å². The summed E-state index contributed by atoms with van der Waals surface area (Å²) in [7, 11) is 0. The molecule has 4 rings (SSSR count). The lowest BCUT2D eigenvalue weighted by molar-refractivity contribution is -0.666. The highest BCUT2D eigenvalue weighted by Gasteiger charge is 2.14. The first kappa shape index (κ1) is 14.3. The van der Waals surface area contributed by atoms with Crippen molar-refractivity contribution < 1.29 is 8.98 Å². The number of oxazole rings is 1. The van der Waals surface area contributed by atoms with E-state index in [0.29, 0.717) is 5.92 Å². The number of rotatable bonds is 4. The Labute approximate surface area is 138 Å². The summed E-state index contributed by atoms with van der Waals surface area (Å²) < 4.78 is 8.89. The van der Waals surface area contributed by atoms with Crippen LogP contribution in [0.25, 0.3) is 21.3 Å². The molecular weight excluding hydrogens is 306 g/mol. The molecule has 4 nitrogen and oxygen atoms in total. The van der Waals surface area contributed by atoms with Crippen molar-refractivity contribution in [2.75, 3.05) is 0 Å². The molecule has 0 unspecified atom stereocenters. The van der Waals surface area contributed by atoms with Gasteiger partial charge in [0.2, 0.25) is 11.0 Å². The molecule has 0 aliphatic carbocycles. The Morgan fingerprint density at radius 2 is 2.13 bits per heavy atom. The van der Waals surface area contributed by atoms with Gasteiger partial charge in [-0.15, -0.1) is 0 Å². The van der Waals surface area contributed by atoms with Gasteiger partial charge in [0, 0.05) is 18.2 Å². The SMILES string of the molecule is CC(C)c1ccc2sc[n+](CCc3cc4ncoc4cn3)c2c1. The molecular formula is C18H18N3OS+. The molecule has 1 aromatic carbocycles. The second-order valence-corrected chi connectivity index (χ2v) is 6.93. The van der Waals surface area contributed by atoms with Crippen LogP contribution in [0.3, 0.4) is 0 Å². The second-order valence-electron chi connectivity index (χ2n) is 6.04. The maximum Gasteiger partial charge on any atom is 0.225 e. The average Bonchev–Trinajstić information content (AvgIpc) is 3.18. The molecule has 0 saturated carbocycles. The van der Waals surface area contributed by atoms with Crippen molar-refractivity contribution in [2.24, 2.45) is 0 Å². The van der Waals surface area contributed by atoms with Crippen LogP contribution in [0.5, 0.6) is 0 Å². The summed E-state index contributed by atoms with van der Waals surface area (Å²) in [5, 5.41) is 0. The van der Waals surface area contributed by atoms with Crippen LogP contribution in [0, 0.1) is 0 Å².